The number of methoxy groups -OCH3 is 1. The van der Waals surface area contributed by atoms with E-state index in [2.05, 4.69) is 14.9 Å². The molecule has 36 heavy (non-hydrogen) atoms. The first-order chi connectivity index (χ1) is 17.5. The zero-order valence-corrected chi connectivity index (χ0v) is 21.4. The second-order valence-corrected chi connectivity index (χ2v) is 9.00. The summed E-state index contributed by atoms with van der Waals surface area (Å²) in [6.45, 7) is 2.62. The fourth-order valence-corrected chi connectivity index (χ4v) is 4.30. The molecule has 1 heterocycles. The van der Waals surface area contributed by atoms with Crippen LogP contribution in [0, 0.1) is 0 Å². The molecule has 0 N–H and O–H groups in total. The Bertz CT molecular complexity index is 1160. The van der Waals surface area contributed by atoms with Crippen molar-refractivity contribution in [2.24, 2.45) is 0 Å². The quantitative estimate of drug-likeness (QED) is 0.350. The van der Waals surface area contributed by atoms with Gasteiger partial charge in [0.25, 0.3) is 0 Å². The molecule has 1 saturated carbocycles. The van der Waals surface area contributed by atoms with Gasteiger partial charge in [-0.2, -0.15) is 0 Å². The Morgan fingerprint density at radius 3 is 2.39 bits per heavy atom. The number of hydrogen-bond acceptors (Lipinski definition) is 8. The van der Waals surface area contributed by atoms with Gasteiger partial charge in [0, 0.05) is 49.5 Å². The average Bonchev–Trinajstić information content (AvgIpc) is 3.41. The molecule has 0 amide bonds. The van der Waals surface area contributed by atoms with Gasteiger partial charge in [0.15, 0.2) is 11.5 Å². The molecule has 0 unspecified atom stereocenters. The first kappa shape index (κ1) is 25.3. The van der Waals surface area contributed by atoms with Crippen LogP contribution < -0.4 is 19.3 Å². The Kier molecular flexibility index (Phi) is 8.25. The van der Waals surface area contributed by atoms with Crippen molar-refractivity contribution in [3.05, 3.63) is 66.0 Å². The van der Waals surface area contributed by atoms with Gasteiger partial charge in [-0.3, -0.25) is 0 Å². The van der Waals surface area contributed by atoms with Crippen LogP contribution in [0.4, 0.5) is 17.3 Å². The van der Waals surface area contributed by atoms with E-state index in [0.717, 1.165) is 29.8 Å². The fourth-order valence-electron chi connectivity index (χ4n) is 4.30. The first-order valence-corrected chi connectivity index (χ1v) is 12.4. The SMILES string of the molecule is CCOC(=O)c1cccc(N(Cc2cnc(N(C)C)nc2)c2ccc(OC)c(OC3CCCC3)c2)c1. The van der Waals surface area contributed by atoms with E-state index in [1.165, 1.54) is 12.8 Å². The molecule has 3 aromatic rings. The molecule has 1 aliphatic carbocycles. The molecule has 0 saturated heterocycles. The van der Waals surface area contributed by atoms with Crippen molar-refractivity contribution in [2.75, 3.05) is 37.6 Å². The largest absolute Gasteiger partial charge is 0.493 e. The van der Waals surface area contributed by atoms with Crippen LogP contribution in [-0.2, 0) is 11.3 Å². The maximum atomic E-state index is 12.4. The third kappa shape index (κ3) is 6.05. The summed E-state index contributed by atoms with van der Waals surface area (Å²) >= 11 is 0. The molecular formula is C28H34N4O4. The highest BCUT2D eigenvalue weighted by atomic mass is 16.5. The fraction of sp³-hybridized carbons (Fsp3) is 0.393. The van der Waals surface area contributed by atoms with Crippen molar-refractivity contribution < 1.29 is 19.0 Å². The van der Waals surface area contributed by atoms with Gasteiger partial charge in [0.1, 0.15) is 0 Å². The molecule has 8 heteroatoms. The maximum Gasteiger partial charge on any atom is 0.338 e. The molecule has 0 radical (unpaired) electrons. The second kappa shape index (κ2) is 11.7. The van der Waals surface area contributed by atoms with E-state index in [-0.39, 0.29) is 12.1 Å². The minimum atomic E-state index is -0.349. The third-order valence-electron chi connectivity index (χ3n) is 6.16. The van der Waals surface area contributed by atoms with Gasteiger partial charge in [-0.15, -0.1) is 0 Å². The minimum absolute atomic E-state index is 0.196. The molecule has 4 rings (SSSR count). The van der Waals surface area contributed by atoms with Crippen molar-refractivity contribution in [1.82, 2.24) is 9.97 Å². The summed E-state index contributed by atoms with van der Waals surface area (Å²) in [6.07, 6.45) is 8.31. The van der Waals surface area contributed by atoms with Crippen LogP contribution in [0.1, 0.15) is 48.5 Å². The van der Waals surface area contributed by atoms with Gasteiger partial charge in [-0.05, 0) is 62.9 Å². The number of esters is 1. The van der Waals surface area contributed by atoms with E-state index in [0.29, 0.717) is 36.2 Å². The van der Waals surface area contributed by atoms with E-state index >= 15 is 0 Å². The van der Waals surface area contributed by atoms with Crippen LogP contribution in [-0.4, -0.2) is 49.9 Å². The normalized spacial score (nSPS) is 13.3. The van der Waals surface area contributed by atoms with Crippen LogP contribution in [0.2, 0.25) is 0 Å². The summed E-state index contributed by atoms with van der Waals surface area (Å²) in [7, 11) is 5.47. The van der Waals surface area contributed by atoms with E-state index in [1.807, 2.05) is 67.8 Å². The number of carbonyl (C=O) groups is 1. The van der Waals surface area contributed by atoms with Gasteiger partial charge in [0.2, 0.25) is 5.95 Å². The van der Waals surface area contributed by atoms with Gasteiger partial charge < -0.3 is 24.0 Å². The summed E-state index contributed by atoms with van der Waals surface area (Å²) in [5.41, 5.74) is 3.17. The Labute approximate surface area is 212 Å². The van der Waals surface area contributed by atoms with Crippen molar-refractivity contribution in [3.8, 4) is 11.5 Å². The van der Waals surface area contributed by atoms with E-state index < -0.39 is 0 Å². The van der Waals surface area contributed by atoms with Crippen LogP contribution >= 0.6 is 0 Å². The monoisotopic (exact) mass is 490 g/mol. The minimum Gasteiger partial charge on any atom is -0.493 e. The number of aromatic nitrogens is 2. The summed E-state index contributed by atoms with van der Waals surface area (Å²) < 4.78 is 17.2. The molecule has 1 aromatic heterocycles. The molecular weight excluding hydrogens is 456 g/mol. The lowest BCUT2D eigenvalue weighted by Crippen LogP contribution is -2.19. The molecule has 0 aliphatic heterocycles. The Hall–Kier alpha value is -3.81. The van der Waals surface area contributed by atoms with Gasteiger partial charge in [-0.1, -0.05) is 6.07 Å². The van der Waals surface area contributed by atoms with Crippen LogP contribution in [0.3, 0.4) is 0 Å². The predicted molar refractivity (Wildman–Crippen MR) is 140 cm³/mol. The zero-order chi connectivity index (χ0) is 25.5. The third-order valence-corrected chi connectivity index (χ3v) is 6.16. The Morgan fingerprint density at radius 1 is 1.00 bits per heavy atom. The van der Waals surface area contributed by atoms with E-state index in [1.54, 1.807) is 20.1 Å². The average molecular weight is 491 g/mol. The number of rotatable bonds is 10. The topological polar surface area (TPSA) is 77.0 Å². The van der Waals surface area contributed by atoms with Crippen molar-refractivity contribution in [1.29, 1.82) is 0 Å². The van der Waals surface area contributed by atoms with E-state index in [4.69, 9.17) is 14.2 Å². The molecule has 2 aromatic carbocycles. The Balaban J connectivity index is 1.72. The molecule has 0 atom stereocenters. The van der Waals surface area contributed by atoms with Crippen molar-refractivity contribution in [2.45, 2.75) is 45.3 Å². The number of benzene rings is 2. The molecule has 0 spiro atoms. The highest BCUT2D eigenvalue weighted by molar-refractivity contribution is 5.91. The first-order valence-electron chi connectivity index (χ1n) is 12.4. The summed E-state index contributed by atoms with van der Waals surface area (Å²) in [5, 5.41) is 0. The smallest absolute Gasteiger partial charge is 0.338 e. The summed E-state index contributed by atoms with van der Waals surface area (Å²) in [4.78, 5) is 25.4. The van der Waals surface area contributed by atoms with Crippen molar-refractivity contribution >= 4 is 23.3 Å². The lowest BCUT2D eigenvalue weighted by molar-refractivity contribution is 0.0526. The predicted octanol–water partition coefficient (Wildman–Crippen LogP) is 5.39. The number of anilines is 3. The summed E-state index contributed by atoms with van der Waals surface area (Å²) in [6, 6.07) is 13.4. The zero-order valence-electron chi connectivity index (χ0n) is 21.4. The number of nitrogens with zero attached hydrogens (tertiary/aromatic N) is 4. The Morgan fingerprint density at radius 2 is 1.72 bits per heavy atom. The van der Waals surface area contributed by atoms with Gasteiger partial charge in [-0.25, -0.2) is 14.8 Å². The van der Waals surface area contributed by atoms with E-state index in [9.17, 15) is 4.79 Å². The molecule has 0 bridgehead atoms. The maximum absolute atomic E-state index is 12.4. The molecule has 8 nitrogen and oxygen atoms in total. The van der Waals surface area contributed by atoms with Crippen LogP contribution in [0.25, 0.3) is 0 Å². The summed E-state index contributed by atoms with van der Waals surface area (Å²) in [5.74, 6) is 1.71. The molecule has 1 aliphatic rings. The lowest BCUT2D eigenvalue weighted by atomic mass is 10.1. The highest BCUT2D eigenvalue weighted by Gasteiger charge is 2.21. The second-order valence-electron chi connectivity index (χ2n) is 9.00. The number of hydrogen-bond donors (Lipinski definition) is 0. The number of ether oxygens (including phenoxy) is 3. The van der Waals surface area contributed by atoms with Crippen LogP contribution in [0.15, 0.2) is 54.9 Å². The lowest BCUT2D eigenvalue weighted by Gasteiger charge is -2.27. The van der Waals surface area contributed by atoms with Crippen LogP contribution in [0.5, 0.6) is 11.5 Å². The molecule has 1 fully saturated rings. The highest BCUT2D eigenvalue weighted by Crippen LogP contribution is 2.38. The van der Waals surface area contributed by atoms with Crippen molar-refractivity contribution in [3.63, 3.8) is 0 Å². The van der Waals surface area contributed by atoms with Gasteiger partial charge in [0.05, 0.1) is 31.9 Å². The number of carbonyl (C=O) groups excluding carboxylic acids is 1. The molecule has 190 valence electrons. The standard InChI is InChI=1S/C28H34N4O4/c1-5-35-27(33)21-9-8-10-22(15-21)32(19-20-17-29-28(30-18-20)31(2)3)23-13-14-25(34-4)26(16-23)36-24-11-6-7-12-24/h8-10,13-18,24H,5-7,11-12,19H2,1-4H3. The van der Waals surface area contributed by atoms with Gasteiger partial charge >= 0.3 is 5.97 Å².